The lowest BCUT2D eigenvalue weighted by atomic mass is 10.2. The van der Waals surface area contributed by atoms with Crippen LogP contribution < -0.4 is 4.74 Å². The fraction of sp³-hybridized carbons (Fsp3) is 0.136. The van der Waals surface area contributed by atoms with E-state index in [4.69, 9.17) is 4.74 Å². The number of aliphatic imine (C=N–C) groups is 1. The summed E-state index contributed by atoms with van der Waals surface area (Å²) in [5.41, 5.74) is 2.88. The molecule has 0 saturated carbocycles. The first-order valence-electron chi connectivity index (χ1n) is 9.14. The summed E-state index contributed by atoms with van der Waals surface area (Å²) in [5, 5.41) is 3.24. The number of hydrogen-bond acceptors (Lipinski definition) is 6. The van der Waals surface area contributed by atoms with Gasteiger partial charge in [-0.25, -0.2) is 4.98 Å². The molecule has 1 aliphatic heterocycles. The molecule has 2 aromatic carbocycles. The highest BCUT2D eigenvalue weighted by Gasteiger charge is 2.30. The molecule has 4 rings (SSSR count). The zero-order valence-corrected chi connectivity index (χ0v) is 17.7. The molecule has 3 aromatic rings. The summed E-state index contributed by atoms with van der Waals surface area (Å²) in [5.74, 6) is 0.750. The Labute approximate surface area is 177 Å². The lowest BCUT2D eigenvalue weighted by Crippen LogP contribution is -2.23. The van der Waals surface area contributed by atoms with E-state index in [2.05, 4.69) is 9.98 Å². The maximum atomic E-state index is 12.6. The van der Waals surface area contributed by atoms with Crippen LogP contribution >= 0.6 is 23.1 Å². The topological polar surface area (TPSA) is 54.8 Å². The van der Waals surface area contributed by atoms with Gasteiger partial charge in [0.05, 0.1) is 17.2 Å². The number of nitrogens with zero attached hydrogens (tertiary/aromatic N) is 3. The van der Waals surface area contributed by atoms with Crippen LogP contribution in [-0.2, 0) is 4.79 Å². The fourth-order valence-electron chi connectivity index (χ4n) is 2.77. The summed E-state index contributed by atoms with van der Waals surface area (Å²) in [6.45, 7) is 2.58. The normalized spacial score (nSPS) is 16.8. The lowest BCUT2D eigenvalue weighted by Gasteiger charge is -2.05. The van der Waals surface area contributed by atoms with Gasteiger partial charge < -0.3 is 4.74 Å². The van der Waals surface area contributed by atoms with Gasteiger partial charge in [-0.1, -0.05) is 42.5 Å². The predicted molar refractivity (Wildman–Crippen MR) is 121 cm³/mol. The van der Waals surface area contributed by atoms with Crippen LogP contribution in [0.25, 0.3) is 17.3 Å². The first-order valence-corrected chi connectivity index (χ1v) is 10.8. The smallest absolute Gasteiger partial charge is 0.266 e. The average molecular weight is 422 g/mol. The second-order valence-corrected chi connectivity index (χ2v) is 8.10. The van der Waals surface area contributed by atoms with Crippen LogP contribution in [0.4, 0.5) is 5.13 Å². The highest BCUT2D eigenvalue weighted by molar-refractivity contribution is 8.18. The summed E-state index contributed by atoms with van der Waals surface area (Å²) in [6, 6.07) is 17.7. The zero-order valence-electron chi connectivity index (χ0n) is 16.0. The van der Waals surface area contributed by atoms with E-state index in [0.29, 0.717) is 21.8 Å². The molecule has 0 bridgehead atoms. The first kappa shape index (κ1) is 19.4. The molecule has 1 aromatic heterocycles. The summed E-state index contributed by atoms with van der Waals surface area (Å²) in [6.07, 6.45) is 1.87. The number of thiazole rings is 1. The average Bonchev–Trinajstić information content (AvgIpc) is 3.31. The third-order valence-electron chi connectivity index (χ3n) is 4.25. The van der Waals surface area contributed by atoms with Crippen molar-refractivity contribution in [1.29, 1.82) is 0 Å². The fourth-order valence-corrected chi connectivity index (χ4v) is 4.49. The largest absolute Gasteiger partial charge is 0.494 e. The molecule has 0 N–H and O–H groups in total. The third kappa shape index (κ3) is 4.41. The molecule has 0 radical (unpaired) electrons. The van der Waals surface area contributed by atoms with Crippen molar-refractivity contribution in [3.63, 3.8) is 0 Å². The van der Waals surface area contributed by atoms with E-state index in [9.17, 15) is 4.79 Å². The van der Waals surface area contributed by atoms with E-state index in [0.717, 1.165) is 22.6 Å². The molecule has 29 heavy (non-hydrogen) atoms. The number of amides is 1. The number of likely N-dealkylation sites (N-methyl/N-ethyl adjacent to an activating group) is 1. The number of amidine groups is 1. The molecule has 146 valence electrons. The molecule has 0 spiro atoms. The molecule has 2 heterocycles. The number of ether oxygens (including phenoxy) is 1. The van der Waals surface area contributed by atoms with Gasteiger partial charge in [0.25, 0.3) is 5.91 Å². The SMILES string of the molecule is CCOc1ccc(/C=C2\S/C(=N/c3nc(-c4ccccc4)cs3)N(C)C2=O)cc1. The summed E-state index contributed by atoms with van der Waals surface area (Å²) >= 11 is 2.82. The van der Waals surface area contributed by atoms with E-state index in [1.165, 1.54) is 23.1 Å². The molecule has 0 atom stereocenters. The Morgan fingerprint density at radius 1 is 1.14 bits per heavy atom. The number of aromatic nitrogens is 1. The first-order chi connectivity index (χ1) is 14.1. The number of rotatable bonds is 5. The zero-order chi connectivity index (χ0) is 20.2. The van der Waals surface area contributed by atoms with Crippen molar-refractivity contribution in [2.24, 2.45) is 4.99 Å². The van der Waals surface area contributed by atoms with E-state index < -0.39 is 0 Å². The second kappa shape index (κ2) is 8.63. The van der Waals surface area contributed by atoms with Gasteiger partial charge in [-0.2, -0.15) is 4.99 Å². The third-order valence-corrected chi connectivity index (χ3v) is 6.04. The number of carbonyl (C=O) groups excluding carboxylic acids is 1. The highest BCUT2D eigenvalue weighted by atomic mass is 32.2. The Morgan fingerprint density at radius 2 is 1.90 bits per heavy atom. The Bertz CT molecular complexity index is 1070. The van der Waals surface area contributed by atoms with Crippen molar-refractivity contribution < 1.29 is 9.53 Å². The number of thioether (sulfide) groups is 1. The molecule has 1 fully saturated rings. The molecular formula is C22H19N3O2S2. The van der Waals surface area contributed by atoms with Crippen LogP contribution in [0.5, 0.6) is 5.75 Å². The Balaban J connectivity index is 1.54. The van der Waals surface area contributed by atoms with Crippen LogP contribution in [0.2, 0.25) is 0 Å². The van der Waals surface area contributed by atoms with Crippen LogP contribution in [0, 0.1) is 0 Å². The van der Waals surface area contributed by atoms with Crippen molar-refractivity contribution in [1.82, 2.24) is 9.88 Å². The molecule has 1 saturated heterocycles. The quantitative estimate of drug-likeness (QED) is 0.515. The monoisotopic (exact) mass is 421 g/mol. The van der Waals surface area contributed by atoms with Gasteiger partial charge in [0.2, 0.25) is 5.13 Å². The van der Waals surface area contributed by atoms with E-state index >= 15 is 0 Å². The van der Waals surface area contributed by atoms with Gasteiger partial charge in [0.1, 0.15) is 5.75 Å². The van der Waals surface area contributed by atoms with Crippen LogP contribution in [0.15, 0.2) is 69.9 Å². The molecule has 1 aliphatic rings. The second-order valence-electron chi connectivity index (χ2n) is 6.25. The van der Waals surface area contributed by atoms with Crippen LogP contribution in [-0.4, -0.2) is 34.6 Å². The van der Waals surface area contributed by atoms with E-state index in [1.807, 2.05) is 73.0 Å². The number of carbonyl (C=O) groups is 1. The Morgan fingerprint density at radius 3 is 2.62 bits per heavy atom. The number of hydrogen-bond donors (Lipinski definition) is 0. The summed E-state index contributed by atoms with van der Waals surface area (Å²) < 4.78 is 5.46. The van der Waals surface area contributed by atoms with Gasteiger partial charge >= 0.3 is 0 Å². The molecule has 7 heteroatoms. The van der Waals surface area contributed by atoms with Crippen LogP contribution in [0.1, 0.15) is 12.5 Å². The minimum Gasteiger partial charge on any atom is -0.494 e. The molecule has 5 nitrogen and oxygen atoms in total. The van der Waals surface area contributed by atoms with Crippen molar-refractivity contribution in [3.8, 4) is 17.0 Å². The van der Waals surface area contributed by atoms with Crippen molar-refractivity contribution in [3.05, 3.63) is 70.4 Å². The standard InChI is InChI=1S/C22H19N3O2S2/c1-3-27-17-11-9-15(10-12-17)13-19-20(26)25(2)22(29-19)24-21-23-18(14-28-21)16-7-5-4-6-8-16/h4-14H,3H2,1-2H3/b19-13-,24-22+. The van der Waals surface area contributed by atoms with Gasteiger partial charge in [-0.15, -0.1) is 11.3 Å². The summed E-state index contributed by atoms with van der Waals surface area (Å²) in [4.78, 5) is 24.0. The highest BCUT2D eigenvalue weighted by Crippen LogP contribution is 2.35. The summed E-state index contributed by atoms with van der Waals surface area (Å²) in [7, 11) is 1.74. The Kier molecular flexibility index (Phi) is 5.78. The van der Waals surface area contributed by atoms with Gasteiger partial charge in [0.15, 0.2) is 5.17 Å². The molecule has 1 amide bonds. The van der Waals surface area contributed by atoms with Crippen molar-refractivity contribution in [2.45, 2.75) is 6.92 Å². The molecule has 0 unspecified atom stereocenters. The van der Waals surface area contributed by atoms with Gasteiger partial charge in [-0.05, 0) is 42.5 Å². The minimum absolute atomic E-state index is 0.0672. The molecular weight excluding hydrogens is 402 g/mol. The maximum absolute atomic E-state index is 12.6. The number of benzene rings is 2. The molecule has 0 aliphatic carbocycles. The van der Waals surface area contributed by atoms with Gasteiger partial charge in [0, 0.05) is 18.0 Å². The van der Waals surface area contributed by atoms with Crippen LogP contribution in [0.3, 0.4) is 0 Å². The van der Waals surface area contributed by atoms with Gasteiger partial charge in [-0.3, -0.25) is 9.69 Å². The Hall–Kier alpha value is -2.90. The van der Waals surface area contributed by atoms with E-state index in [-0.39, 0.29) is 5.91 Å². The van der Waals surface area contributed by atoms with Crippen molar-refractivity contribution >= 4 is 45.4 Å². The predicted octanol–water partition coefficient (Wildman–Crippen LogP) is 5.44. The minimum atomic E-state index is -0.0672. The van der Waals surface area contributed by atoms with E-state index in [1.54, 1.807) is 11.9 Å². The van der Waals surface area contributed by atoms with Crippen molar-refractivity contribution in [2.75, 3.05) is 13.7 Å². The maximum Gasteiger partial charge on any atom is 0.266 e. The lowest BCUT2D eigenvalue weighted by molar-refractivity contribution is -0.121.